The summed E-state index contributed by atoms with van der Waals surface area (Å²) < 4.78 is 14.0. The van der Waals surface area contributed by atoms with Crippen LogP contribution in [0.1, 0.15) is 29.0 Å². The topological polar surface area (TPSA) is 38.9 Å². The molecule has 0 saturated carbocycles. The molecule has 0 spiro atoms. The molecule has 1 aromatic carbocycles. The summed E-state index contributed by atoms with van der Waals surface area (Å²) >= 11 is 4.61. The Labute approximate surface area is 112 Å². The maximum absolute atomic E-state index is 13.5. The molecule has 0 aliphatic heterocycles. The molecule has 0 bridgehead atoms. The van der Waals surface area contributed by atoms with Gasteiger partial charge in [-0.05, 0) is 40.5 Å². The normalized spacial score (nSPS) is 12.7. The van der Waals surface area contributed by atoms with E-state index in [0.29, 0.717) is 9.60 Å². The van der Waals surface area contributed by atoms with Crippen molar-refractivity contribution in [1.29, 1.82) is 0 Å². The lowest BCUT2D eigenvalue weighted by atomic mass is 9.98. The number of rotatable bonds is 2. The molecule has 17 heavy (non-hydrogen) atoms. The molecular weight excluding hydrogens is 303 g/mol. The summed E-state index contributed by atoms with van der Waals surface area (Å²) in [4.78, 5) is 5.28. The molecule has 2 N–H and O–H groups in total. The molecule has 2 aromatic rings. The third kappa shape index (κ3) is 2.50. The Morgan fingerprint density at radius 1 is 1.47 bits per heavy atom. The molecule has 0 saturated heterocycles. The van der Waals surface area contributed by atoms with E-state index in [1.807, 2.05) is 19.9 Å². The van der Waals surface area contributed by atoms with E-state index in [-0.39, 0.29) is 11.7 Å². The average Bonchev–Trinajstić information content (AvgIpc) is 2.61. The molecule has 2 nitrogen and oxygen atoms in total. The van der Waals surface area contributed by atoms with Gasteiger partial charge in [0, 0.05) is 10.8 Å². The van der Waals surface area contributed by atoms with Gasteiger partial charge in [0.1, 0.15) is 5.82 Å². The lowest BCUT2D eigenvalue weighted by Crippen LogP contribution is -1.96. The van der Waals surface area contributed by atoms with Crippen molar-refractivity contribution in [2.45, 2.75) is 19.8 Å². The molecule has 5 heteroatoms. The van der Waals surface area contributed by atoms with E-state index in [4.69, 9.17) is 5.73 Å². The van der Waals surface area contributed by atoms with Crippen LogP contribution >= 0.6 is 27.3 Å². The van der Waals surface area contributed by atoms with Gasteiger partial charge in [0.05, 0.1) is 10.2 Å². The predicted molar refractivity (Wildman–Crippen MR) is 72.9 cm³/mol. The number of aryl methyl sites for hydroxylation is 1. The second-order valence-corrected chi connectivity index (χ2v) is 5.81. The molecule has 0 fully saturated rings. The Hall–Kier alpha value is -0.940. The first-order valence-electron chi connectivity index (χ1n) is 5.16. The number of hydrogen-bond acceptors (Lipinski definition) is 3. The fourth-order valence-electron chi connectivity index (χ4n) is 1.76. The number of anilines is 1. The lowest BCUT2D eigenvalue weighted by Gasteiger charge is -2.11. The van der Waals surface area contributed by atoms with Crippen LogP contribution in [0.15, 0.2) is 22.7 Å². The summed E-state index contributed by atoms with van der Waals surface area (Å²) in [6, 6.07) is 5.18. The highest BCUT2D eigenvalue weighted by atomic mass is 79.9. The van der Waals surface area contributed by atoms with Gasteiger partial charge in [0.25, 0.3) is 0 Å². The summed E-state index contributed by atoms with van der Waals surface area (Å²) in [5.74, 6) is -0.142. The molecule has 90 valence electrons. The lowest BCUT2D eigenvalue weighted by molar-refractivity contribution is 0.617. The van der Waals surface area contributed by atoms with Gasteiger partial charge in [-0.15, -0.1) is 11.3 Å². The minimum Gasteiger partial charge on any atom is -0.375 e. The third-order valence-corrected chi connectivity index (χ3v) is 4.50. The van der Waals surface area contributed by atoms with Gasteiger partial charge in [-0.3, -0.25) is 0 Å². The summed E-state index contributed by atoms with van der Waals surface area (Å²) in [6.45, 7) is 3.95. The molecule has 2 rings (SSSR count). The SMILES string of the molecule is Cc1nc(N)sc1C(C)c1ccc(Br)c(F)c1. The van der Waals surface area contributed by atoms with Gasteiger partial charge in [-0.2, -0.15) is 0 Å². The van der Waals surface area contributed by atoms with Crippen molar-refractivity contribution in [3.63, 3.8) is 0 Å². The van der Waals surface area contributed by atoms with Gasteiger partial charge in [-0.25, -0.2) is 9.37 Å². The Morgan fingerprint density at radius 3 is 2.71 bits per heavy atom. The van der Waals surface area contributed by atoms with Gasteiger partial charge in [0.2, 0.25) is 0 Å². The van der Waals surface area contributed by atoms with E-state index in [1.165, 1.54) is 11.3 Å². The Balaban J connectivity index is 2.40. The number of halogens is 2. The minimum atomic E-state index is -0.246. The van der Waals surface area contributed by atoms with Crippen LogP contribution in [0.5, 0.6) is 0 Å². The Bertz CT molecular complexity index is 553. The fraction of sp³-hybridized carbons (Fsp3) is 0.250. The summed E-state index contributed by atoms with van der Waals surface area (Å²) in [6.07, 6.45) is 0. The summed E-state index contributed by atoms with van der Waals surface area (Å²) in [5.41, 5.74) is 7.52. The highest BCUT2D eigenvalue weighted by Gasteiger charge is 2.16. The third-order valence-electron chi connectivity index (χ3n) is 2.69. The molecular formula is C12H12BrFN2S. The number of nitrogens with two attached hydrogens (primary N) is 1. The van der Waals surface area contributed by atoms with E-state index in [2.05, 4.69) is 20.9 Å². The van der Waals surface area contributed by atoms with E-state index in [1.54, 1.807) is 12.1 Å². The molecule has 0 amide bonds. The van der Waals surface area contributed by atoms with Gasteiger partial charge >= 0.3 is 0 Å². The van der Waals surface area contributed by atoms with Crippen molar-refractivity contribution in [2.24, 2.45) is 0 Å². The van der Waals surface area contributed by atoms with Crippen molar-refractivity contribution < 1.29 is 4.39 Å². The monoisotopic (exact) mass is 314 g/mol. The molecule has 1 heterocycles. The zero-order chi connectivity index (χ0) is 12.6. The van der Waals surface area contributed by atoms with Crippen molar-refractivity contribution in [2.75, 3.05) is 5.73 Å². The largest absolute Gasteiger partial charge is 0.375 e. The highest BCUT2D eigenvalue weighted by Crippen LogP contribution is 2.33. The fourth-order valence-corrected chi connectivity index (χ4v) is 2.93. The number of benzene rings is 1. The van der Waals surface area contributed by atoms with Crippen LogP contribution in [-0.4, -0.2) is 4.98 Å². The van der Waals surface area contributed by atoms with E-state index in [9.17, 15) is 4.39 Å². The van der Waals surface area contributed by atoms with Gasteiger partial charge in [0.15, 0.2) is 5.13 Å². The maximum Gasteiger partial charge on any atom is 0.180 e. The van der Waals surface area contributed by atoms with E-state index in [0.717, 1.165) is 16.1 Å². The first kappa shape index (κ1) is 12.5. The van der Waals surface area contributed by atoms with Crippen LogP contribution in [-0.2, 0) is 0 Å². The molecule has 0 aliphatic rings. The number of nitrogen functional groups attached to an aromatic ring is 1. The van der Waals surface area contributed by atoms with Crippen molar-refractivity contribution >= 4 is 32.4 Å². The second kappa shape index (κ2) is 4.74. The average molecular weight is 315 g/mol. The van der Waals surface area contributed by atoms with Crippen LogP contribution in [0, 0.1) is 12.7 Å². The first-order chi connectivity index (χ1) is 7.99. The van der Waals surface area contributed by atoms with Gasteiger partial charge in [-0.1, -0.05) is 13.0 Å². The van der Waals surface area contributed by atoms with Crippen molar-refractivity contribution in [3.8, 4) is 0 Å². The van der Waals surface area contributed by atoms with Crippen molar-refractivity contribution in [3.05, 3.63) is 44.6 Å². The van der Waals surface area contributed by atoms with E-state index < -0.39 is 0 Å². The maximum atomic E-state index is 13.5. The van der Waals surface area contributed by atoms with Crippen molar-refractivity contribution in [1.82, 2.24) is 4.98 Å². The number of nitrogens with zero attached hydrogens (tertiary/aromatic N) is 1. The Kier molecular flexibility index (Phi) is 3.49. The number of aromatic nitrogens is 1. The van der Waals surface area contributed by atoms with Crippen LogP contribution in [0.4, 0.5) is 9.52 Å². The summed E-state index contributed by atoms with van der Waals surface area (Å²) in [5, 5.41) is 0.557. The molecule has 0 radical (unpaired) electrons. The number of thiazole rings is 1. The molecule has 1 unspecified atom stereocenters. The highest BCUT2D eigenvalue weighted by molar-refractivity contribution is 9.10. The quantitative estimate of drug-likeness (QED) is 0.906. The minimum absolute atomic E-state index is 0.104. The van der Waals surface area contributed by atoms with Crippen LogP contribution in [0.3, 0.4) is 0 Å². The van der Waals surface area contributed by atoms with Crippen LogP contribution < -0.4 is 5.73 Å². The molecule has 1 atom stereocenters. The standard InChI is InChI=1S/C12H12BrFN2S/c1-6(11-7(2)16-12(15)17-11)8-3-4-9(13)10(14)5-8/h3-6H,1-2H3,(H2,15,16). The van der Waals surface area contributed by atoms with Crippen LogP contribution in [0.25, 0.3) is 0 Å². The molecule has 1 aromatic heterocycles. The van der Waals surface area contributed by atoms with E-state index >= 15 is 0 Å². The number of hydrogen-bond donors (Lipinski definition) is 1. The van der Waals surface area contributed by atoms with Gasteiger partial charge < -0.3 is 5.73 Å². The second-order valence-electron chi connectivity index (χ2n) is 3.90. The zero-order valence-electron chi connectivity index (χ0n) is 9.50. The smallest absolute Gasteiger partial charge is 0.180 e. The van der Waals surface area contributed by atoms with Crippen LogP contribution in [0.2, 0.25) is 0 Å². The molecule has 0 aliphatic carbocycles. The Morgan fingerprint density at radius 2 is 2.18 bits per heavy atom. The zero-order valence-corrected chi connectivity index (χ0v) is 11.9. The predicted octanol–water partition coefficient (Wildman–Crippen LogP) is 4.09. The first-order valence-corrected chi connectivity index (χ1v) is 6.77. The summed E-state index contributed by atoms with van der Waals surface area (Å²) in [7, 11) is 0.